The Morgan fingerprint density at radius 1 is 1.10 bits per heavy atom. The number of aliphatic hydroxyl groups is 2. The van der Waals surface area contributed by atoms with E-state index >= 15 is 0 Å². The number of amides is 1. The van der Waals surface area contributed by atoms with Crippen molar-refractivity contribution in [1.29, 1.82) is 0 Å². The van der Waals surface area contributed by atoms with Crippen molar-refractivity contribution in [3.05, 3.63) is 86.5 Å². The van der Waals surface area contributed by atoms with Gasteiger partial charge in [0.05, 0.1) is 17.2 Å². The number of carbonyl (C=O) groups excluding carboxylic acids is 3. The molecular formula is C29H24F3N3O7. The van der Waals surface area contributed by atoms with Crippen LogP contribution in [0.15, 0.2) is 64.5 Å². The highest BCUT2D eigenvalue weighted by Crippen LogP contribution is 2.56. The van der Waals surface area contributed by atoms with E-state index in [1.807, 2.05) is 0 Å². The van der Waals surface area contributed by atoms with Gasteiger partial charge in [-0.3, -0.25) is 14.4 Å². The minimum absolute atomic E-state index is 0.189. The lowest BCUT2D eigenvalue weighted by atomic mass is 9.56. The number of hydrogen-bond donors (Lipinski definition) is 4. The number of aliphatic hydroxyl groups excluding tert-OH is 1. The first-order chi connectivity index (χ1) is 19.6. The number of halogens is 3. The average Bonchev–Trinajstić information content (AvgIpc) is 2.91. The van der Waals surface area contributed by atoms with Gasteiger partial charge in [-0.1, -0.05) is 30.3 Å². The Hall–Kier alpha value is -4.62. The molecule has 4 atom stereocenters. The first-order valence-corrected chi connectivity index (χ1v) is 12.6. The number of ketones is 2. The van der Waals surface area contributed by atoms with Crippen molar-refractivity contribution in [1.82, 2.24) is 4.90 Å². The minimum atomic E-state index is -4.58. The largest absolute Gasteiger partial charge is 0.507 e. The van der Waals surface area contributed by atoms with Crippen LogP contribution in [0.5, 0.6) is 5.75 Å². The van der Waals surface area contributed by atoms with Gasteiger partial charge in [0.15, 0.2) is 5.60 Å². The summed E-state index contributed by atoms with van der Waals surface area (Å²) >= 11 is 0. The van der Waals surface area contributed by atoms with Crippen LogP contribution in [-0.4, -0.2) is 63.4 Å². The summed E-state index contributed by atoms with van der Waals surface area (Å²) in [6.45, 7) is 0. The molecule has 0 aliphatic heterocycles. The Morgan fingerprint density at radius 3 is 2.29 bits per heavy atom. The van der Waals surface area contributed by atoms with Crippen LogP contribution < -0.4 is 5.73 Å². The molecule has 13 heteroatoms. The third-order valence-corrected chi connectivity index (χ3v) is 8.14. The van der Waals surface area contributed by atoms with Gasteiger partial charge < -0.3 is 26.0 Å². The molecule has 1 unspecified atom stereocenters. The maximum Gasteiger partial charge on any atom is 0.416 e. The van der Waals surface area contributed by atoms with Gasteiger partial charge in [0.2, 0.25) is 11.6 Å². The van der Waals surface area contributed by atoms with Gasteiger partial charge in [0.1, 0.15) is 22.8 Å². The molecule has 0 saturated heterocycles. The number of nitroso groups, excluding NO2 is 1. The highest BCUT2D eigenvalue weighted by molar-refractivity contribution is 6.33. The summed E-state index contributed by atoms with van der Waals surface area (Å²) in [7, 11) is 2.95. The predicted octanol–water partition coefficient (Wildman–Crippen LogP) is 3.19. The number of allylic oxidation sites excluding steroid dienone is 1. The Balaban J connectivity index is 1.77. The summed E-state index contributed by atoms with van der Waals surface area (Å²) in [4.78, 5) is 53.2. The lowest BCUT2D eigenvalue weighted by molar-refractivity contribution is -0.160. The summed E-state index contributed by atoms with van der Waals surface area (Å²) in [6, 6.07) is 7.16. The quantitative estimate of drug-likeness (QED) is 0.242. The van der Waals surface area contributed by atoms with E-state index < -0.39 is 81.0 Å². The zero-order valence-electron chi connectivity index (χ0n) is 22.1. The molecule has 3 aliphatic carbocycles. The average molecular weight is 584 g/mol. The van der Waals surface area contributed by atoms with Gasteiger partial charge in [0, 0.05) is 17.4 Å². The van der Waals surface area contributed by atoms with Gasteiger partial charge in [0.25, 0.3) is 5.91 Å². The number of alkyl halides is 3. The number of rotatable bonds is 4. The first-order valence-electron chi connectivity index (χ1n) is 12.6. The fraction of sp³-hybridized carbons (Fsp3) is 0.276. The van der Waals surface area contributed by atoms with Crippen molar-refractivity contribution in [2.75, 3.05) is 14.1 Å². The number of nitrogens with two attached hydrogens (primary N) is 1. The lowest BCUT2D eigenvalue weighted by Gasteiger charge is -2.50. The summed E-state index contributed by atoms with van der Waals surface area (Å²) in [5, 5.41) is 36.6. The number of phenols is 1. The van der Waals surface area contributed by atoms with E-state index in [9.17, 15) is 47.8 Å². The maximum atomic E-state index is 14.1. The summed E-state index contributed by atoms with van der Waals surface area (Å²) in [5.41, 5.74) is 0.252. The summed E-state index contributed by atoms with van der Waals surface area (Å²) < 4.78 is 39.5. The molecule has 1 amide bonds. The minimum Gasteiger partial charge on any atom is -0.507 e. The highest BCUT2D eigenvalue weighted by Gasteiger charge is 2.65. The third kappa shape index (κ3) is 4.07. The Labute approximate surface area is 236 Å². The number of benzene rings is 2. The van der Waals surface area contributed by atoms with Crippen LogP contribution in [0.25, 0.3) is 17.4 Å². The second kappa shape index (κ2) is 9.74. The monoisotopic (exact) mass is 583 g/mol. The molecule has 218 valence electrons. The zero-order chi connectivity index (χ0) is 30.9. The third-order valence-electron chi connectivity index (χ3n) is 8.14. The van der Waals surface area contributed by atoms with E-state index in [4.69, 9.17) is 5.73 Å². The fourth-order valence-corrected chi connectivity index (χ4v) is 6.32. The van der Waals surface area contributed by atoms with Crippen LogP contribution in [0.2, 0.25) is 0 Å². The molecule has 0 spiro atoms. The van der Waals surface area contributed by atoms with Gasteiger partial charge in [-0.2, -0.15) is 13.2 Å². The van der Waals surface area contributed by atoms with Crippen LogP contribution in [-0.2, 0) is 20.6 Å². The van der Waals surface area contributed by atoms with E-state index in [-0.39, 0.29) is 23.1 Å². The Morgan fingerprint density at radius 2 is 1.74 bits per heavy atom. The molecule has 0 heterocycles. The second-order valence-corrected chi connectivity index (χ2v) is 10.6. The Bertz CT molecular complexity index is 1660. The molecule has 0 radical (unpaired) electrons. The topological polar surface area (TPSA) is 171 Å². The number of hydrogen-bond acceptors (Lipinski definition) is 9. The summed E-state index contributed by atoms with van der Waals surface area (Å²) in [6.07, 6.45) is -3.35. The number of aromatic hydroxyl groups is 1. The number of likely N-dealkylation sites (N-methyl/N-ethyl adjacent to an activating group) is 1. The lowest BCUT2D eigenvalue weighted by Crippen LogP contribution is -2.66. The normalized spacial score (nSPS) is 26.7. The predicted molar refractivity (Wildman–Crippen MR) is 143 cm³/mol. The van der Waals surface area contributed by atoms with Crippen LogP contribution in [0.3, 0.4) is 0 Å². The van der Waals surface area contributed by atoms with E-state index in [0.29, 0.717) is 5.57 Å². The molecule has 1 fully saturated rings. The van der Waals surface area contributed by atoms with Gasteiger partial charge in [-0.15, -0.1) is 4.91 Å². The van der Waals surface area contributed by atoms with E-state index in [0.717, 1.165) is 12.1 Å². The molecule has 10 nitrogen and oxygen atoms in total. The molecule has 2 aromatic rings. The molecule has 2 aromatic carbocycles. The van der Waals surface area contributed by atoms with Crippen molar-refractivity contribution in [2.24, 2.45) is 22.7 Å². The van der Waals surface area contributed by atoms with Gasteiger partial charge in [-0.05, 0) is 60.6 Å². The molecule has 3 aliphatic rings. The second-order valence-electron chi connectivity index (χ2n) is 10.6. The number of primary amides is 1. The maximum absolute atomic E-state index is 14.1. The van der Waals surface area contributed by atoms with Crippen molar-refractivity contribution in [3.63, 3.8) is 0 Å². The van der Waals surface area contributed by atoms with Crippen molar-refractivity contribution >= 4 is 34.9 Å². The van der Waals surface area contributed by atoms with Crippen molar-refractivity contribution in [2.45, 2.75) is 24.2 Å². The van der Waals surface area contributed by atoms with Crippen molar-refractivity contribution < 1.29 is 42.9 Å². The number of Topliss-reactive ketones (excluding diaryl/α,β-unsaturated/α-hetero) is 2. The number of nitrogens with zero attached hydrogens (tertiary/aromatic N) is 2. The molecule has 5 rings (SSSR count). The van der Waals surface area contributed by atoms with Crippen LogP contribution in [0, 0.1) is 16.7 Å². The molecule has 42 heavy (non-hydrogen) atoms. The SMILES string of the molecule is CN(C)[C@@H]1C(N=O)=C(C(N)=O)C(=O)[C@@]2(O)C(=O)C3=C(O)c4c(O)cccc4/C(=C\c4ccc(C(F)(F)F)cc4)[C@H]3CC12. The van der Waals surface area contributed by atoms with Gasteiger partial charge in [-0.25, -0.2) is 0 Å². The number of phenolic OH excluding ortho intramolecular Hbond substituents is 1. The molecule has 0 bridgehead atoms. The highest BCUT2D eigenvalue weighted by atomic mass is 19.4. The molecule has 0 aromatic heterocycles. The molecular weight excluding hydrogens is 559 g/mol. The van der Waals surface area contributed by atoms with Crippen LogP contribution in [0.1, 0.15) is 28.7 Å². The standard InChI is InChI=1S/C29H24F3N3O7/c1-35(2)23-17-11-16-15(10-12-6-8-13(9-7-12)29(30,31)32)14-4-3-5-18(36)19(14)24(37)20(16)25(38)28(17,41)26(39)21(27(33)40)22(23)34-42/h3-10,16-17,23,36-37,41H,11H2,1-2H3,(H2,33,40)/b15-10+/t16-,17?,23+,28+/m1/s1. The van der Waals surface area contributed by atoms with Crippen LogP contribution >= 0.6 is 0 Å². The Kier molecular flexibility index (Phi) is 6.70. The van der Waals surface area contributed by atoms with Crippen molar-refractivity contribution in [3.8, 4) is 5.75 Å². The number of fused-ring (bicyclic) bond motifs is 3. The zero-order valence-corrected chi connectivity index (χ0v) is 22.1. The van der Waals surface area contributed by atoms with E-state index in [1.165, 1.54) is 55.4 Å². The fourth-order valence-electron chi connectivity index (χ4n) is 6.32. The van der Waals surface area contributed by atoms with E-state index in [2.05, 4.69) is 5.18 Å². The first kappa shape index (κ1) is 28.9. The van der Waals surface area contributed by atoms with Crippen LogP contribution in [0.4, 0.5) is 13.2 Å². The van der Waals surface area contributed by atoms with E-state index in [1.54, 1.807) is 0 Å². The van der Waals surface area contributed by atoms with Gasteiger partial charge >= 0.3 is 6.18 Å². The smallest absolute Gasteiger partial charge is 0.416 e. The number of carbonyl (C=O) groups is 3. The molecule has 1 saturated carbocycles. The molecule has 5 N–H and O–H groups in total. The summed E-state index contributed by atoms with van der Waals surface area (Å²) in [5.74, 6) is -7.66.